The highest BCUT2D eigenvalue weighted by molar-refractivity contribution is 6.04. The topological polar surface area (TPSA) is 58.6 Å². The minimum absolute atomic E-state index is 0.0782. The lowest BCUT2D eigenvalue weighted by molar-refractivity contribution is -0.129. The molecule has 0 unspecified atom stereocenters. The maximum absolute atomic E-state index is 13.8. The lowest BCUT2D eigenvalue weighted by atomic mass is 9.84. The summed E-state index contributed by atoms with van der Waals surface area (Å²) < 4.78 is 18.6. The molecule has 1 atom stereocenters. The number of ether oxygens (including phenoxy) is 1. The van der Waals surface area contributed by atoms with Gasteiger partial charge in [0, 0.05) is 0 Å². The number of carbonyl (C=O) groups excluding carboxylic acids is 2. The molecule has 1 saturated carbocycles. The van der Waals surface area contributed by atoms with Gasteiger partial charge in [-0.05, 0) is 36.5 Å². The molecule has 3 rings (SSSR count). The van der Waals surface area contributed by atoms with E-state index in [1.54, 1.807) is 6.07 Å². The first-order valence-corrected chi connectivity index (χ1v) is 8.04. The predicted molar refractivity (Wildman–Crippen MR) is 82.4 cm³/mol. The van der Waals surface area contributed by atoms with Gasteiger partial charge < -0.3 is 10.1 Å². The van der Waals surface area contributed by atoms with Crippen LogP contribution in [0.25, 0.3) is 0 Å². The molecule has 1 saturated heterocycles. The zero-order valence-corrected chi connectivity index (χ0v) is 13.2. The smallest absolute Gasteiger partial charge is 0.325 e. The van der Waals surface area contributed by atoms with Gasteiger partial charge in [0.05, 0.1) is 13.7 Å². The Morgan fingerprint density at radius 2 is 2.00 bits per heavy atom. The number of hydrogen-bond acceptors (Lipinski definition) is 3. The molecular weight excluding hydrogens is 299 g/mol. The van der Waals surface area contributed by atoms with E-state index in [0.29, 0.717) is 5.56 Å². The van der Waals surface area contributed by atoms with Gasteiger partial charge in [0.25, 0.3) is 5.91 Å². The van der Waals surface area contributed by atoms with Gasteiger partial charge in [-0.2, -0.15) is 0 Å². The summed E-state index contributed by atoms with van der Waals surface area (Å²) in [4.78, 5) is 25.9. The molecule has 1 aromatic rings. The summed E-state index contributed by atoms with van der Waals surface area (Å²) in [5.41, 5.74) is 0.566. The fourth-order valence-corrected chi connectivity index (χ4v) is 3.47. The molecule has 6 heteroatoms. The number of hydrogen-bond donors (Lipinski definition) is 1. The van der Waals surface area contributed by atoms with Crippen molar-refractivity contribution < 1.29 is 18.7 Å². The van der Waals surface area contributed by atoms with Crippen LogP contribution < -0.4 is 10.1 Å². The quantitative estimate of drug-likeness (QED) is 0.868. The Morgan fingerprint density at radius 1 is 1.26 bits per heavy atom. The van der Waals surface area contributed by atoms with Crippen molar-refractivity contribution in [1.29, 1.82) is 0 Å². The van der Waals surface area contributed by atoms with E-state index in [1.807, 2.05) is 0 Å². The van der Waals surface area contributed by atoms with Crippen LogP contribution in [0.4, 0.5) is 9.18 Å². The summed E-state index contributed by atoms with van der Waals surface area (Å²) in [5.74, 6) is -0.331. The van der Waals surface area contributed by atoms with Crippen molar-refractivity contribution in [1.82, 2.24) is 10.2 Å². The SMILES string of the molecule is COc1ccc(CN2C(=O)N[C@H](C3CCCCC3)C2=O)cc1F. The first-order chi connectivity index (χ1) is 11.1. The number of carbonyl (C=O) groups is 2. The Morgan fingerprint density at radius 3 is 2.65 bits per heavy atom. The van der Waals surface area contributed by atoms with Crippen LogP contribution in [0.15, 0.2) is 18.2 Å². The monoisotopic (exact) mass is 320 g/mol. The van der Waals surface area contributed by atoms with Crippen molar-refractivity contribution in [2.45, 2.75) is 44.7 Å². The molecule has 2 aliphatic rings. The number of methoxy groups -OCH3 is 1. The minimum atomic E-state index is -0.499. The molecule has 1 N–H and O–H groups in total. The summed E-state index contributed by atoms with van der Waals surface area (Å²) in [6, 6.07) is 3.65. The van der Waals surface area contributed by atoms with Crippen molar-refractivity contribution in [3.05, 3.63) is 29.6 Å². The second-order valence-corrected chi connectivity index (χ2v) is 6.22. The number of amides is 3. The zero-order valence-electron chi connectivity index (χ0n) is 13.2. The van der Waals surface area contributed by atoms with Crippen molar-refractivity contribution >= 4 is 11.9 Å². The van der Waals surface area contributed by atoms with Crippen LogP contribution in [0.1, 0.15) is 37.7 Å². The zero-order chi connectivity index (χ0) is 16.4. The molecule has 1 aliphatic heterocycles. The molecule has 5 nitrogen and oxygen atoms in total. The van der Waals surface area contributed by atoms with Gasteiger partial charge >= 0.3 is 6.03 Å². The lowest BCUT2D eigenvalue weighted by Crippen LogP contribution is -2.38. The van der Waals surface area contributed by atoms with Crippen LogP contribution in [-0.4, -0.2) is 30.0 Å². The first kappa shape index (κ1) is 15.8. The third kappa shape index (κ3) is 3.16. The van der Waals surface area contributed by atoms with Crippen LogP contribution in [0.2, 0.25) is 0 Å². The molecule has 0 spiro atoms. The molecule has 124 valence electrons. The third-order valence-corrected chi connectivity index (χ3v) is 4.73. The Bertz CT molecular complexity index is 614. The molecule has 1 aliphatic carbocycles. The molecule has 1 aromatic carbocycles. The van der Waals surface area contributed by atoms with Crippen LogP contribution >= 0.6 is 0 Å². The normalized spacial score (nSPS) is 22.3. The number of nitrogens with one attached hydrogen (secondary N) is 1. The fourth-order valence-electron chi connectivity index (χ4n) is 3.47. The Kier molecular flexibility index (Phi) is 4.50. The summed E-state index contributed by atoms with van der Waals surface area (Å²) in [7, 11) is 1.39. The van der Waals surface area contributed by atoms with E-state index in [9.17, 15) is 14.0 Å². The standard InChI is InChI=1S/C17H21FN2O3/c1-23-14-8-7-11(9-13(14)18)10-20-16(21)15(19-17(20)22)12-5-3-2-4-6-12/h7-9,12,15H,2-6,10H2,1H3,(H,19,22)/t15-/m1/s1. The van der Waals surface area contributed by atoms with Gasteiger partial charge in [-0.15, -0.1) is 0 Å². The average Bonchev–Trinajstić information content (AvgIpc) is 2.84. The van der Waals surface area contributed by atoms with Crippen LogP contribution in [-0.2, 0) is 11.3 Å². The van der Waals surface area contributed by atoms with Gasteiger partial charge in [-0.25, -0.2) is 9.18 Å². The molecule has 0 radical (unpaired) electrons. The molecule has 2 fully saturated rings. The lowest BCUT2D eigenvalue weighted by Gasteiger charge is -2.25. The van der Waals surface area contributed by atoms with Gasteiger partial charge in [0.1, 0.15) is 6.04 Å². The van der Waals surface area contributed by atoms with Crippen LogP contribution in [0.3, 0.4) is 0 Å². The Hall–Kier alpha value is -2.11. The van der Waals surface area contributed by atoms with E-state index < -0.39 is 11.9 Å². The molecule has 3 amide bonds. The Labute approximate surface area is 134 Å². The van der Waals surface area contributed by atoms with Crippen molar-refractivity contribution in [3.8, 4) is 5.75 Å². The third-order valence-electron chi connectivity index (χ3n) is 4.73. The highest BCUT2D eigenvalue weighted by atomic mass is 19.1. The van der Waals surface area contributed by atoms with E-state index in [0.717, 1.165) is 25.7 Å². The second-order valence-electron chi connectivity index (χ2n) is 6.22. The van der Waals surface area contributed by atoms with E-state index in [1.165, 1.54) is 30.6 Å². The number of halogens is 1. The van der Waals surface area contributed by atoms with Gasteiger partial charge in [0.15, 0.2) is 11.6 Å². The van der Waals surface area contributed by atoms with Crippen LogP contribution in [0.5, 0.6) is 5.75 Å². The molecule has 23 heavy (non-hydrogen) atoms. The summed E-state index contributed by atoms with van der Waals surface area (Å²) in [6.45, 7) is 0.0782. The predicted octanol–water partition coefficient (Wildman–Crippen LogP) is 2.84. The number of urea groups is 1. The highest BCUT2D eigenvalue weighted by Gasteiger charge is 2.42. The summed E-state index contributed by atoms with van der Waals surface area (Å²) in [6.07, 6.45) is 5.35. The van der Waals surface area contributed by atoms with Gasteiger partial charge in [0.2, 0.25) is 0 Å². The molecule has 0 aromatic heterocycles. The minimum Gasteiger partial charge on any atom is -0.494 e. The summed E-state index contributed by atoms with van der Waals surface area (Å²) in [5, 5.41) is 2.80. The second kappa shape index (κ2) is 6.56. The maximum Gasteiger partial charge on any atom is 0.325 e. The van der Waals surface area contributed by atoms with E-state index >= 15 is 0 Å². The maximum atomic E-state index is 13.8. The van der Waals surface area contributed by atoms with E-state index in [4.69, 9.17) is 4.74 Å². The number of rotatable bonds is 4. The molecule has 0 bridgehead atoms. The van der Waals surface area contributed by atoms with Crippen molar-refractivity contribution in [2.75, 3.05) is 7.11 Å². The summed E-state index contributed by atoms with van der Waals surface area (Å²) >= 11 is 0. The highest BCUT2D eigenvalue weighted by Crippen LogP contribution is 2.30. The molecule has 1 heterocycles. The molecular formula is C17H21FN2O3. The Balaban J connectivity index is 1.71. The van der Waals surface area contributed by atoms with Crippen molar-refractivity contribution in [3.63, 3.8) is 0 Å². The van der Waals surface area contributed by atoms with Crippen molar-refractivity contribution in [2.24, 2.45) is 5.92 Å². The van der Waals surface area contributed by atoms with E-state index in [-0.39, 0.29) is 30.2 Å². The number of benzene rings is 1. The van der Waals surface area contributed by atoms with Gasteiger partial charge in [-0.1, -0.05) is 25.3 Å². The van der Waals surface area contributed by atoms with Gasteiger partial charge in [-0.3, -0.25) is 9.69 Å². The van der Waals surface area contributed by atoms with Crippen LogP contribution in [0, 0.1) is 11.7 Å². The first-order valence-electron chi connectivity index (χ1n) is 8.04. The average molecular weight is 320 g/mol. The number of nitrogens with zero attached hydrogens (tertiary/aromatic N) is 1. The van der Waals surface area contributed by atoms with E-state index in [2.05, 4.69) is 5.32 Å². The number of imide groups is 1. The fraction of sp³-hybridized carbons (Fsp3) is 0.529. The largest absolute Gasteiger partial charge is 0.494 e.